The minimum absolute atomic E-state index is 0.0500. The van der Waals surface area contributed by atoms with Crippen molar-refractivity contribution < 1.29 is 15.1 Å². The minimum atomic E-state index is -0.502. The van der Waals surface area contributed by atoms with Crippen LogP contribution in [0.1, 0.15) is 0 Å². The van der Waals surface area contributed by atoms with Crippen molar-refractivity contribution >= 4 is 17.0 Å². The van der Waals surface area contributed by atoms with Crippen LogP contribution in [-0.2, 0) is 0 Å². The summed E-state index contributed by atoms with van der Waals surface area (Å²) in [6, 6.07) is 5.35. The van der Waals surface area contributed by atoms with Crippen molar-refractivity contribution in [2.24, 2.45) is 0 Å². The Labute approximate surface area is 94.4 Å². The highest BCUT2D eigenvalue weighted by atomic mass is 32.1. The van der Waals surface area contributed by atoms with E-state index in [0.717, 1.165) is 6.07 Å². The number of nitro groups is 1. The molecule has 2 rings (SSSR count). The highest BCUT2D eigenvalue weighted by Gasteiger charge is 2.19. The van der Waals surface area contributed by atoms with Crippen molar-refractivity contribution in [2.45, 2.75) is 0 Å². The predicted octanol–water partition coefficient (Wildman–Crippen LogP) is 2.73. The number of phenols is 2. The van der Waals surface area contributed by atoms with Gasteiger partial charge in [-0.05, 0) is 17.5 Å². The first-order valence-corrected chi connectivity index (χ1v) is 5.22. The molecule has 0 atom stereocenters. The average molecular weight is 237 g/mol. The van der Waals surface area contributed by atoms with Crippen LogP contribution >= 0.6 is 11.3 Å². The van der Waals surface area contributed by atoms with Gasteiger partial charge in [-0.3, -0.25) is 10.1 Å². The van der Waals surface area contributed by atoms with E-state index in [-0.39, 0.29) is 17.2 Å². The van der Waals surface area contributed by atoms with Crippen LogP contribution in [0.15, 0.2) is 29.6 Å². The zero-order valence-corrected chi connectivity index (χ0v) is 8.77. The van der Waals surface area contributed by atoms with Gasteiger partial charge in [-0.25, -0.2) is 0 Å². The molecule has 0 radical (unpaired) electrons. The van der Waals surface area contributed by atoms with Gasteiger partial charge in [0, 0.05) is 17.7 Å². The van der Waals surface area contributed by atoms with E-state index in [1.807, 2.05) is 0 Å². The number of phenolic OH excluding ortho intramolecular Hbond substituents is 2. The highest BCUT2D eigenvalue weighted by Crippen LogP contribution is 2.40. The lowest BCUT2D eigenvalue weighted by Gasteiger charge is -2.02. The van der Waals surface area contributed by atoms with Crippen molar-refractivity contribution in [2.75, 3.05) is 0 Å². The summed E-state index contributed by atoms with van der Waals surface area (Å²) in [5, 5.41) is 31.0. The standard InChI is InChI=1S/C10H7NO4S/c12-6-1-2-7(9(13)5-6)10-8(11(14)15)3-4-16-10/h1-5,12-13H. The molecular weight excluding hydrogens is 230 g/mol. The molecule has 2 N–H and O–H groups in total. The van der Waals surface area contributed by atoms with Crippen LogP contribution in [0.3, 0.4) is 0 Å². The van der Waals surface area contributed by atoms with E-state index in [4.69, 9.17) is 5.11 Å². The smallest absolute Gasteiger partial charge is 0.288 e. The minimum Gasteiger partial charge on any atom is -0.508 e. The molecule has 16 heavy (non-hydrogen) atoms. The number of hydrogen-bond donors (Lipinski definition) is 2. The van der Waals surface area contributed by atoms with Crippen molar-refractivity contribution in [1.29, 1.82) is 0 Å². The molecule has 0 aliphatic carbocycles. The van der Waals surface area contributed by atoms with Gasteiger partial charge in [0.05, 0.1) is 4.92 Å². The third kappa shape index (κ3) is 1.70. The molecule has 0 unspecified atom stereocenters. The maximum Gasteiger partial charge on any atom is 0.288 e. The second-order valence-corrected chi connectivity index (χ2v) is 4.01. The number of aromatic hydroxyl groups is 2. The fourth-order valence-electron chi connectivity index (χ4n) is 1.36. The molecule has 0 aliphatic rings. The SMILES string of the molecule is O=[N+]([O-])c1ccsc1-c1ccc(O)cc1O. The fraction of sp³-hybridized carbons (Fsp3) is 0. The maximum atomic E-state index is 10.7. The maximum absolute atomic E-state index is 10.7. The molecule has 82 valence electrons. The molecule has 1 heterocycles. The van der Waals surface area contributed by atoms with Crippen molar-refractivity contribution in [3.05, 3.63) is 39.8 Å². The van der Waals surface area contributed by atoms with Crippen LogP contribution in [0, 0.1) is 10.1 Å². The molecule has 1 aromatic carbocycles. The number of thiophene rings is 1. The Bertz CT molecular complexity index is 550. The van der Waals surface area contributed by atoms with Gasteiger partial charge in [0.2, 0.25) is 0 Å². The lowest BCUT2D eigenvalue weighted by atomic mass is 10.1. The van der Waals surface area contributed by atoms with Crippen molar-refractivity contribution in [3.8, 4) is 21.9 Å². The highest BCUT2D eigenvalue weighted by molar-refractivity contribution is 7.14. The van der Waals surface area contributed by atoms with Crippen molar-refractivity contribution in [1.82, 2.24) is 0 Å². The summed E-state index contributed by atoms with van der Waals surface area (Å²) in [7, 11) is 0. The summed E-state index contributed by atoms with van der Waals surface area (Å²) in [6.07, 6.45) is 0. The lowest BCUT2D eigenvalue weighted by Crippen LogP contribution is -1.87. The second-order valence-electron chi connectivity index (χ2n) is 3.09. The van der Waals surface area contributed by atoms with Gasteiger partial charge < -0.3 is 10.2 Å². The Hall–Kier alpha value is -2.08. The monoisotopic (exact) mass is 237 g/mol. The predicted molar refractivity (Wildman–Crippen MR) is 59.7 cm³/mol. The molecule has 5 nitrogen and oxygen atoms in total. The van der Waals surface area contributed by atoms with Crippen LogP contribution in [0.2, 0.25) is 0 Å². The Morgan fingerprint density at radius 2 is 2.00 bits per heavy atom. The van der Waals surface area contributed by atoms with Gasteiger partial charge in [-0.15, -0.1) is 11.3 Å². The summed E-state index contributed by atoms with van der Waals surface area (Å²) in [5.74, 6) is -0.258. The zero-order valence-electron chi connectivity index (χ0n) is 7.95. The molecular formula is C10H7NO4S. The van der Waals surface area contributed by atoms with Gasteiger partial charge in [0.15, 0.2) is 0 Å². The Kier molecular flexibility index (Phi) is 2.49. The normalized spacial score (nSPS) is 10.2. The molecule has 6 heteroatoms. The Balaban J connectivity index is 2.59. The fourth-order valence-corrected chi connectivity index (χ4v) is 2.26. The number of rotatable bonds is 2. The molecule has 0 bridgehead atoms. The second kappa shape index (κ2) is 3.82. The summed E-state index contributed by atoms with van der Waals surface area (Å²) in [4.78, 5) is 10.6. The van der Waals surface area contributed by atoms with Crippen LogP contribution in [0.4, 0.5) is 5.69 Å². The number of hydrogen-bond acceptors (Lipinski definition) is 5. The topological polar surface area (TPSA) is 83.6 Å². The molecule has 2 aromatic rings. The van der Waals surface area contributed by atoms with E-state index in [1.165, 1.54) is 29.5 Å². The summed E-state index contributed by atoms with van der Waals surface area (Å²) >= 11 is 1.17. The van der Waals surface area contributed by atoms with E-state index in [0.29, 0.717) is 10.4 Å². The summed E-state index contributed by atoms with van der Waals surface area (Å²) in [5.41, 5.74) is 0.297. The Morgan fingerprint density at radius 1 is 1.25 bits per heavy atom. The summed E-state index contributed by atoms with van der Waals surface area (Å²) in [6.45, 7) is 0. The molecule has 0 aliphatic heterocycles. The third-order valence-electron chi connectivity index (χ3n) is 2.07. The van der Waals surface area contributed by atoms with E-state index in [1.54, 1.807) is 5.38 Å². The molecule has 1 aromatic heterocycles. The van der Waals surface area contributed by atoms with Gasteiger partial charge in [0.25, 0.3) is 5.69 Å². The third-order valence-corrected chi connectivity index (χ3v) is 3.00. The Morgan fingerprint density at radius 3 is 2.62 bits per heavy atom. The number of benzene rings is 1. The van der Waals surface area contributed by atoms with Crippen LogP contribution in [0.25, 0.3) is 10.4 Å². The number of nitrogens with zero attached hydrogens (tertiary/aromatic N) is 1. The first-order valence-electron chi connectivity index (χ1n) is 4.34. The van der Waals surface area contributed by atoms with E-state index in [9.17, 15) is 15.2 Å². The largest absolute Gasteiger partial charge is 0.508 e. The van der Waals surface area contributed by atoms with Gasteiger partial charge in [0.1, 0.15) is 16.4 Å². The van der Waals surface area contributed by atoms with E-state index in [2.05, 4.69) is 0 Å². The van der Waals surface area contributed by atoms with Gasteiger partial charge >= 0.3 is 0 Å². The average Bonchev–Trinajstić information content (AvgIpc) is 2.66. The van der Waals surface area contributed by atoms with Crippen LogP contribution in [-0.4, -0.2) is 15.1 Å². The molecule has 0 amide bonds. The van der Waals surface area contributed by atoms with Gasteiger partial charge in [-0.1, -0.05) is 0 Å². The lowest BCUT2D eigenvalue weighted by molar-refractivity contribution is -0.383. The van der Waals surface area contributed by atoms with Crippen LogP contribution in [0.5, 0.6) is 11.5 Å². The molecule has 0 fully saturated rings. The van der Waals surface area contributed by atoms with Gasteiger partial charge in [-0.2, -0.15) is 0 Å². The van der Waals surface area contributed by atoms with Crippen molar-refractivity contribution in [3.63, 3.8) is 0 Å². The molecule has 0 saturated heterocycles. The van der Waals surface area contributed by atoms with Crippen LogP contribution < -0.4 is 0 Å². The van der Waals surface area contributed by atoms with E-state index < -0.39 is 4.92 Å². The van der Waals surface area contributed by atoms with E-state index >= 15 is 0 Å². The first kappa shape index (κ1) is 10.4. The summed E-state index contributed by atoms with van der Waals surface area (Å²) < 4.78 is 0. The zero-order chi connectivity index (χ0) is 11.7. The molecule has 0 spiro atoms. The first-order chi connectivity index (χ1) is 7.59. The quantitative estimate of drug-likeness (QED) is 0.621. The molecule has 0 saturated carbocycles.